The van der Waals surface area contributed by atoms with Crippen LogP contribution >= 0.6 is 11.8 Å². The number of ketones is 1. The van der Waals surface area contributed by atoms with Gasteiger partial charge in [-0.1, -0.05) is 26.0 Å². The summed E-state index contributed by atoms with van der Waals surface area (Å²) < 4.78 is 10.4. The molecular formula is C25H30N2O7S. The van der Waals surface area contributed by atoms with Crippen LogP contribution < -0.4 is 5.32 Å². The molecule has 1 N–H and O–H groups in total. The Hall–Kier alpha value is -3.14. The minimum absolute atomic E-state index is 0.117. The molecule has 35 heavy (non-hydrogen) atoms. The lowest BCUT2D eigenvalue weighted by Crippen LogP contribution is -2.43. The van der Waals surface area contributed by atoms with Gasteiger partial charge in [0.1, 0.15) is 12.5 Å². The van der Waals surface area contributed by atoms with Crippen LogP contribution in [0.4, 0.5) is 5.69 Å². The monoisotopic (exact) mass is 502 g/mol. The maximum Gasteiger partial charge on any atom is 0.336 e. The van der Waals surface area contributed by atoms with E-state index in [2.05, 4.69) is 5.32 Å². The molecule has 10 heteroatoms. The molecule has 2 aliphatic rings. The third kappa shape index (κ3) is 5.27. The summed E-state index contributed by atoms with van der Waals surface area (Å²) in [6.07, 6.45) is 0.387. The molecule has 0 unspecified atom stereocenters. The Morgan fingerprint density at radius 2 is 2.00 bits per heavy atom. The molecule has 1 aliphatic heterocycles. The molecular weight excluding hydrogens is 472 g/mol. The summed E-state index contributed by atoms with van der Waals surface area (Å²) >= 11 is 1.63. The van der Waals surface area contributed by atoms with E-state index < -0.39 is 34.5 Å². The summed E-state index contributed by atoms with van der Waals surface area (Å²) in [4.78, 5) is 50.6. The van der Waals surface area contributed by atoms with Crippen LogP contribution in [-0.4, -0.2) is 47.9 Å². The number of Topliss-reactive ketones (excluding diaryl/α,β-unsaturated/α-hetero) is 1. The van der Waals surface area contributed by atoms with Gasteiger partial charge in [-0.3, -0.25) is 19.7 Å². The van der Waals surface area contributed by atoms with Crippen LogP contribution in [0.25, 0.3) is 0 Å². The number of allylic oxidation sites excluding steroid dienone is 3. The third-order valence-corrected chi connectivity index (χ3v) is 7.25. The fraction of sp³-hybridized carbons (Fsp3) is 0.480. The molecule has 3 atom stereocenters. The lowest BCUT2D eigenvalue weighted by molar-refractivity contribution is -0.385. The van der Waals surface area contributed by atoms with E-state index >= 15 is 0 Å². The van der Waals surface area contributed by atoms with Crippen LogP contribution in [0.5, 0.6) is 0 Å². The number of ether oxygens (including phenoxy) is 2. The van der Waals surface area contributed by atoms with Gasteiger partial charge in [0.2, 0.25) is 0 Å². The summed E-state index contributed by atoms with van der Waals surface area (Å²) in [6, 6.07) is 4.66. The van der Waals surface area contributed by atoms with E-state index in [1.165, 1.54) is 13.2 Å². The van der Waals surface area contributed by atoms with Crippen molar-refractivity contribution in [3.8, 4) is 0 Å². The zero-order valence-corrected chi connectivity index (χ0v) is 21.3. The number of nitro groups is 1. The molecule has 0 spiro atoms. The van der Waals surface area contributed by atoms with Crippen molar-refractivity contribution in [1.82, 2.24) is 5.32 Å². The predicted molar refractivity (Wildman–Crippen MR) is 132 cm³/mol. The van der Waals surface area contributed by atoms with E-state index in [9.17, 15) is 24.5 Å². The molecule has 3 rings (SSSR count). The van der Waals surface area contributed by atoms with E-state index in [1.54, 1.807) is 44.7 Å². The summed E-state index contributed by atoms with van der Waals surface area (Å²) in [7, 11) is 1.23. The predicted octanol–water partition coefficient (Wildman–Crippen LogP) is 3.81. The second kappa shape index (κ2) is 11.1. The minimum Gasteiger partial charge on any atom is -0.468 e. The quantitative estimate of drug-likeness (QED) is 0.186. The largest absolute Gasteiger partial charge is 0.468 e. The number of nitrogens with zero attached hydrogens (tertiary/aromatic N) is 1. The Labute approximate surface area is 208 Å². The topological polar surface area (TPSA) is 125 Å². The zero-order valence-electron chi connectivity index (χ0n) is 20.5. The van der Waals surface area contributed by atoms with Gasteiger partial charge in [0.15, 0.2) is 5.78 Å². The number of methoxy groups -OCH3 is 1. The van der Waals surface area contributed by atoms with E-state index in [0.29, 0.717) is 34.7 Å². The van der Waals surface area contributed by atoms with Crippen molar-refractivity contribution in [2.75, 3.05) is 25.2 Å². The van der Waals surface area contributed by atoms with Crippen LogP contribution in [0.3, 0.4) is 0 Å². The average Bonchev–Trinajstić information content (AvgIpc) is 2.80. The first-order valence-electron chi connectivity index (χ1n) is 11.4. The molecule has 0 radical (unpaired) electrons. The maximum absolute atomic E-state index is 13.7. The smallest absolute Gasteiger partial charge is 0.336 e. The van der Waals surface area contributed by atoms with Crippen molar-refractivity contribution in [2.24, 2.45) is 11.8 Å². The van der Waals surface area contributed by atoms with Crippen molar-refractivity contribution in [3.05, 3.63) is 62.0 Å². The van der Waals surface area contributed by atoms with Gasteiger partial charge in [0.25, 0.3) is 5.69 Å². The number of rotatable bonds is 8. The number of dihydropyridines is 1. The van der Waals surface area contributed by atoms with Crippen molar-refractivity contribution in [1.29, 1.82) is 0 Å². The number of nitro benzene ring substituents is 1. The zero-order chi connectivity index (χ0) is 25.9. The highest BCUT2D eigenvalue weighted by Gasteiger charge is 2.47. The second-order valence-electron chi connectivity index (χ2n) is 8.67. The first-order chi connectivity index (χ1) is 16.6. The average molecular weight is 503 g/mol. The highest BCUT2D eigenvalue weighted by atomic mass is 32.2. The van der Waals surface area contributed by atoms with E-state index in [-0.39, 0.29) is 29.4 Å². The molecule has 0 fully saturated rings. The summed E-state index contributed by atoms with van der Waals surface area (Å²) in [5.74, 6) is -2.45. The summed E-state index contributed by atoms with van der Waals surface area (Å²) in [5.41, 5.74) is 2.32. The molecule has 0 amide bonds. The number of esters is 2. The number of carbonyl (C=O) groups excluding carboxylic acids is 3. The van der Waals surface area contributed by atoms with Crippen molar-refractivity contribution in [3.63, 3.8) is 0 Å². The Kier molecular flexibility index (Phi) is 8.37. The van der Waals surface area contributed by atoms with Gasteiger partial charge in [-0.25, -0.2) is 4.79 Å². The molecule has 1 aromatic rings. The number of carbonyl (C=O) groups is 3. The van der Waals surface area contributed by atoms with Crippen LogP contribution in [-0.2, 0) is 23.9 Å². The van der Waals surface area contributed by atoms with Gasteiger partial charge >= 0.3 is 11.9 Å². The molecule has 0 saturated carbocycles. The Morgan fingerprint density at radius 1 is 1.29 bits per heavy atom. The van der Waals surface area contributed by atoms with E-state index in [4.69, 9.17) is 9.47 Å². The first-order valence-corrected chi connectivity index (χ1v) is 12.6. The fourth-order valence-corrected chi connectivity index (χ4v) is 5.19. The molecule has 9 nitrogen and oxygen atoms in total. The maximum atomic E-state index is 13.7. The van der Waals surface area contributed by atoms with Crippen molar-refractivity contribution < 1.29 is 28.8 Å². The van der Waals surface area contributed by atoms with Gasteiger partial charge in [0.05, 0.1) is 17.6 Å². The Bertz CT molecular complexity index is 1120. The lowest BCUT2D eigenvalue weighted by atomic mass is 9.69. The van der Waals surface area contributed by atoms with E-state index in [1.807, 2.05) is 6.92 Å². The number of hydrogen-bond donors (Lipinski definition) is 1. The molecule has 1 aromatic carbocycles. The molecule has 0 bridgehead atoms. The van der Waals surface area contributed by atoms with Gasteiger partial charge in [-0.05, 0) is 37.5 Å². The van der Waals surface area contributed by atoms with Crippen LogP contribution in [0.15, 0.2) is 40.7 Å². The Morgan fingerprint density at radius 3 is 2.63 bits per heavy atom. The van der Waals surface area contributed by atoms with Crippen LogP contribution in [0.2, 0.25) is 0 Å². The van der Waals surface area contributed by atoms with Gasteiger partial charge < -0.3 is 14.8 Å². The van der Waals surface area contributed by atoms with Crippen molar-refractivity contribution >= 4 is 35.2 Å². The molecule has 1 heterocycles. The van der Waals surface area contributed by atoms with Gasteiger partial charge in [-0.2, -0.15) is 11.8 Å². The number of aryl methyl sites for hydroxylation is 1. The summed E-state index contributed by atoms with van der Waals surface area (Å²) in [6.45, 7) is 7.34. The second-order valence-corrected chi connectivity index (χ2v) is 10.1. The number of thioether (sulfide) groups is 1. The molecule has 0 aromatic heterocycles. The van der Waals surface area contributed by atoms with Crippen molar-refractivity contribution in [2.45, 2.75) is 40.0 Å². The molecule has 188 valence electrons. The van der Waals surface area contributed by atoms with E-state index in [0.717, 1.165) is 5.75 Å². The van der Waals surface area contributed by atoms with Crippen LogP contribution in [0, 0.1) is 28.9 Å². The van der Waals surface area contributed by atoms with Crippen LogP contribution in [0.1, 0.15) is 44.2 Å². The Balaban J connectivity index is 2.15. The fourth-order valence-electron chi connectivity index (χ4n) is 4.70. The summed E-state index contributed by atoms with van der Waals surface area (Å²) in [5, 5.41) is 14.8. The molecule has 0 saturated heterocycles. The van der Waals surface area contributed by atoms with Gasteiger partial charge in [-0.15, -0.1) is 0 Å². The standard InChI is InChI=1S/C25H30N2O7S/c1-6-35-10-9-34-25(30)20-15(4)26-17-11-14(3)19(24(29)33-5)23(28)22(17)21(20)16-8-7-13(2)18(12-16)27(31)32/h7-8,12,14,19,21,26H,6,9-11H2,1-5H3/t14-,19-,21+/m0/s1. The molecule has 1 aliphatic carbocycles. The number of benzene rings is 1. The normalized spacial score (nSPS) is 21.9. The third-order valence-electron chi connectivity index (χ3n) is 6.39. The number of nitrogens with one attached hydrogen (secondary N) is 1. The highest BCUT2D eigenvalue weighted by Crippen LogP contribution is 2.46. The first kappa shape index (κ1) is 26.5. The minimum atomic E-state index is -1.03. The highest BCUT2D eigenvalue weighted by molar-refractivity contribution is 7.99. The lowest BCUT2D eigenvalue weighted by Gasteiger charge is -2.38. The number of hydrogen-bond acceptors (Lipinski definition) is 9. The van der Waals surface area contributed by atoms with Gasteiger partial charge in [0, 0.05) is 40.3 Å². The SMILES string of the molecule is CCSCCOC(=O)C1=C(C)NC2=C(C(=O)[C@@H](C(=O)OC)[C@@H](C)C2)[C@@H]1c1ccc(C)c([N+](=O)[O-])c1.